The summed E-state index contributed by atoms with van der Waals surface area (Å²) in [5, 5.41) is 0. The fourth-order valence-electron chi connectivity index (χ4n) is 4.98. The van der Waals surface area contributed by atoms with Gasteiger partial charge in [-0.1, -0.05) is 62.4 Å². The quantitative estimate of drug-likeness (QED) is 0.411. The summed E-state index contributed by atoms with van der Waals surface area (Å²) in [7, 11) is 0. The molecule has 4 rings (SSSR count). The highest BCUT2D eigenvalue weighted by molar-refractivity contribution is 5.94. The monoisotopic (exact) mass is 462 g/mol. The lowest BCUT2D eigenvalue weighted by atomic mass is 9.88. The first-order valence-electron chi connectivity index (χ1n) is 12.0. The maximum atomic E-state index is 14.3. The van der Waals surface area contributed by atoms with Crippen molar-refractivity contribution in [2.24, 2.45) is 11.8 Å². The Morgan fingerprint density at radius 2 is 1.71 bits per heavy atom. The van der Waals surface area contributed by atoms with E-state index in [1.807, 2.05) is 53.4 Å². The molecule has 0 N–H and O–H groups in total. The third-order valence-electron chi connectivity index (χ3n) is 6.49. The highest BCUT2D eigenvalue weighted by atomic mass is 19.1. The Kier molecular flexibility index (Phi) is 7.73. The van der Waals surface area contributed by atoms with Gasteiger partial charge in [0.1, 0.15) is 11.6 Å². The van der Waals surface area contributed by atoms with Crippen LogP contribution in [0.2, 0.25) is 0 Å². The van der Waals surface area contributed by atoms with Gasteiger partial charge < -0.3 is 4.90 Å². The molecule has 3 aromatic rings. The molecule has 1 heterocycles. The molecule has 178 valence electrons. The van der Waals surface area contributed by atoms with Crippen LogP contribution in [0.15, 0.2) is 78.9 Å². The Balaban J connectivity index is 1.59. The summed E-state index contributed by atoms with van der Waals surface area (Å²) < 4.78 is 28.4. The van der Waals surface area contributed by atoms with E-state index in [0.717, 1.165) is 5.56 Å². The zero-order chi connectivity index (χ0) is 24.1. The molecule has 0 aliphatic carbocycles. The van der Waals surface area contributed by atoms with Crippen molar-refractivity contribution in [1.29, 1.82) is 0 Å². The highest BCUT2D eigenvalue weighted by Crippen LogP contribution is 2.35. The second-order valence-corrected chi connectivity index (χ2v) is 9.68. The molecule has 2 unspecified atom stereocenters. The number of halogens is 2. The summed E-state index contributed by atoms with van der Waals surface area (Å²) in [6, 6.07) is 22.9. The van der Waals surface area contributed by atoms with Crippen LogP contribution in [0.3, 0.4) is 0 Å². The molecule has 0 spiro atoms. The van der Waals surface area contributed by atoms with Crippen LogP contribution in [0.5, 0.6) is 0 Å². The molecule has 3 nitrogen and oxygen atoms in total. The van der Waals surface area contributed by atoms with Gasteiger partial charge in [-0.05, 0) is 47.7 Å². The van der Waals surface area contributed by atoms with E-state index in [4.69, 9.17) is 0 Å². The summed E-state index contributed by atoms with van der Waals surface area (Å²) in [5.74, 6) is 0.0221. The van der Waals surface area contributed by atoms with Gasteiger partial charge in [0.2, 0.25) is 0 Å². The van der Waals surface area contributed by atoms with Gasteiger partial charge in [-0.2, -0.15) is 0 Å². The van der Waals surface area contributed by atoms with Gasteiger partial charge in [0.25, 0.3) is 5.91 Å². The fraction of sp³-hybridized carbons (Fsp3) is 0.345. The second-order valence-electron chi connectivity index (χ2n) is 9.68. The number of rotatable bonds is 8. The molecule has 1 aliphatic rings. The Labute approximate surface area is 201 Å². The van der Waals surface area contributed by atoms with Crippen molar-refractivity contribution >= 4 is 5.91 Å². The first kappa shape index (κ1) is 24.1. The molecule has 34 heavy (non-hydrogen) atoms. The average Bonchev–Trinajstić information content (AvgIpc) is 3.22. The zero-order valence-electron chi connectivity index (χ0n) is 19.8. The summed E-state index contributed by atoms with van der Waals surface area (Å²) in [6.07, 6.45) is 0. The minimum atomic E-state index is -0.261. The number of hydrogen-bond acceptors (Lipinski definition) is 2. The average molecular weight is 463 g/mol. The maximum absolute atomic E-state index is 14.3. The van der Waals surface area contributed by atoms with Crippen LogP contribution in [0.1, 0.15) is 41.3 Å². The van der Waals surface area contributed by atoms with E-state index in [9.17, 15) is 13.6 Å². The largest absolute Gasteiger partial charge is 0.338 e. The summed E-state index contributed by atoms with van der Waals surface area (Å²) in [4.78, 5) is 17.5. The molecular weight excluding hydrogens is 430 g/mol. The molecule has 0 aromatic heterocycles. The van der Waals surface area contributed by atoms with E-state index in [0.29, 0.717) is 49.8 Å². The van der Waals surface area contributed by atoms with Crippen LogP contribution in [0.4, 0.5) is 8.78 Å². The maximum Gasteiger partial charge on any atom is 0.253 e. The van der Waals surface area contributed by atoms with Gasteiger partial charge in [-0.25, -0.2) is 8.78 Å². The third-order valence-corrected chi connectivity index (χ3v) is 6.49. The molecule has 1 fully saturated rings. The second kappa shape index (κ2) is 10.9. The minimum absolute atomic E-state index is 0.0137. The summed E-state index contributed by atoms with van der Waals surface area (Å²) in [6.45, 7) is 7.33. The lowest BCUT2D eigenvalue weighted by Gasteiger charge is -2.30. The molecule has 1 saturated heterocycles. The number of carbonyl (C=O) groups excluding carboxylic acids is 1. The molecule has 1 amide bonds. The highest BCUT2D eigenvalue weighted by Gasteiger charge is 2.36. The fourth-order valence-corrected chi connectivity index (χ4v) is 4.98. The Bertz CT molecular complexity index is 1100. The van der Waals surface area contributed by atoms with Crippen molar-refractivity contribution in [3.05, 3.63) is 107 Å². The van der Waals surface area contributed by atoms with Crippen LogP contribution in [0, 0.1) is 23.5 Å². The summed E-state index contributed by atoms with van der Waals surface area (Å²) in [5.41, 5.74) is 2.25. The van der Waals surface area contributed by atoms with Crippen LogP contribution in [-0.2, 0) is 6.54 Å². The lowest BCUT2D eigenvalue weighted by Crippen LogP contribution is -2.39. The molecule has 0 bridgehead atoms. The van der Waals surface area contributed by atoms with E-state index in [1.165, 1.54) is 12.1 Å². The molecule has 2 atom stereocenters. The topological polar surface area (TPSA) is 23.6 Å². The van der Waals surface area contributed by atoms with Crippen LogP contribution < -0.4 is 0 Å². The van der Waals surface area contributed by atoms with Crippen molar-refractivity contribution in [1.82, 2.24) is 9.80 Å². The van der Waals surface area contributed by atoms with Crippen molar-refractivity contribution < 1.29 is 13.6 Å². The molecule has 5 heteroatoms. The number of hydrogen-bond donors (Lipinski definition) is 0. The number of benzene rings is 3. The van der Waals surface area contributed by atoms with Gasteiger partial charge in [0.05, 0.1) is 0 Å². The van der Waals surface area contributed by atoms with E-state index >= 15 is 0 Å². The van der Waals surface area contributed by atoms with Gasteiger partial charge in [0, 0.05) is 49.8 Å². The van der Waals surface area contributed by atoms with Gasteiger partial charge in [-0.3, -0.25) is 9.69 Å². The molecule has 1 aliphatic heterocycles. The predicted octanol–water partition coefficient (Wildman–Crippen LogP) is 5.98. The van der Waals surface area contributed by atoms with Crippen molar-refractivity contribution in [2.75, 3.05) is 26.2 Å². The molecule has 0 saturated carbocycles. The van der Waals surface area contributed by atoms with E-state index in [1.54, 1.807) is 18.2 Å². The van der Waals surface area contributed by atoms with Gasteiger partial charge in [-0.15, -0.1) is 0 Å². The van der Waals surface area contributed by atoms with E-state index in [-0.39, 0.29) is 29.4 Å². The standard InChI is InChI=1S/C29H32F2N2O/c1-21(2)16-33(29(34)22-9-4-3-5-10-22)19-25-18-32(17-24-11-6-7-14-28(24)31)20-27(25)23-12-8-13-26(30)15-23/h3-15,21,25,27H,16-20H2,1-2H3. The smallest absolute Gasteiger partial charge is 0.253 e. The van der Waals surface area contributed by atoms with E-state index < -0.39 is 0 Å². The van der Waals surface area contributed by atoms with Gasteiger partial charge in [0.15, 0.2) is 0 Å². The molecular formula is C29H32F2N2O. The first-order valence-corrected chi connectivity index (χ1v) is 12.0. The Morgan fingerprint density at radius 1 is 0.971 bits per heavy atom. The summed E-state index contributed by atoms with van der Waals surface area (Å²) >= 11 is 0. The molecule has 0 radical (unpaired) electrons. The van der Waals surface area contributed by atoms with E-state index in [2.05, 4.69) is 18.7 Å². The SMILES string of the molecule is CC(C)CN(CC1CN(Cc2ccccc2F)CC1c1cccc(F)c1)C(=O)c1ccccc1. The van der Waals surface area contributed by atoms with Crippen LogP contribution in [0.25, 0.3) is 0 Å². The van der Waals surface area contributed by atoms with Crippen molar-refractivity contribution in [3.63, 3.8) is 0 Å². The zero-order valence-corrected chi connectivity index (χ0v) is 19.8. The predicted molar refractivity (Wildman–Crippen MR) is 131 cm³/mol. The number of nitrogens with zero attached hydrogens (tertiary/aromatic N) is 2. The van der Waals surface area contributed by atoms with Crippen LogP contribution in [-0.4, -0.2) is 41.9 Å². The Hall–Kier alpha value is -3.05. The number of amides is 1. The number of likely N-dealkylation sites (tertiary alicyclic amines) is 1. The third kappa shape index (κ3) is 5.89. The van der Waals surface area contributed by atoms with Gasteiger partial charge >= 0.3 is 0 Å². The van der Waals surface area contributed by atoms with Crippen molar-refractivity contribution in [3.8, 4) is 0 Å². The molecule has 3 aromatic carbocycles. The normalized spacial score (nSPS) is 18.4. The minimum Gasteiger partial charge on any atom is -0.338 e. The first-order chi connectivity index (χ1) is 16.4. The lowest BCUT2D eigenvalue weighted by molar-refractivity contribution is 0.0703. The van der Waals surface area contributed by atoms with Crippen molar-refractivity contribution in [2.45, 2.75) is 26.3 Å². The Morgan fingerprint density at radius 3 is 2.41 bits per heavy atom. The van der Waals surface area contributed by atoms with Crippen LogP contribution >= 0.6 is 0 Å². The number of carbonyl (C=O) groups is 1.